The maximum absolute atomic E-state index is 10.8. The van der Waals surface area contributed by atoms with E-state index in [9.17, 15) is 4.79 Å². The molecule has 0 aromatic rings. The summed E-state index contributed by atoms with van der Waals surface area (Å²) in [7, 11) is 0. The molecule has 0 heterocycles. The van der Waals surface area contributed by atoms with Crippen molar-refractivity contribution in [2.45, 2.75) is 45.6 Å². The molecular formula is C9H20ClNO2. The van der Waals surface area contributed by atoms with Gasteiger partial charge in [-0.2, -0.15) is 0 Å². The third kappa shape index (κ3) is 9.64. The highest BCUT2D eigenvalue weighted by Crippen LogP contribution is 1.99. The van der Waals surface area contributed by atoms with Crippen molar-refractivity contribution in [3.63, 3.8) is 0 Å². The molecule has 0 aliphatic heterocycles. The van der Waals surface area contributed by atoms with Gasteiger partial charge in [0.25, 0.3) is 0 Å². The maximum Gasteiger partial charge on any atom is 0.322 e. The number of unbranched alkanes of at least 4 members (excludes halogenated alkanes) is 3. The van der Waals surface area contributed by atoms with Gasteiger partial charge in [-0.25, -0.2) is 0 Å². The molecule has 0 saturated heterocycles. The lowest BCUT2D eigenvalue weighted by Gasteiger charge is -2.06. The largest absolute Gasteiger partial charge is 0.465 e. The summed E-state index contributed by atoms with van der Waals surface area (Å²) in [6.07, 6.45) is 4.48. The van der Waals surface area contributed by atoms with E-state index < -0.39 is 6.04 Å². The minimum Gasteiger partial charge on any atom is -0.465 e. The van der Waals surface area contributed by atoms with E-state index >= 15 is 0 Å². The van der Waals surface area contributed by atoms with Gasteiger partial charge in [-0.15, -0.1) is 12.4 Å². The molecule has 0 radical (unpaired) electrons. The first kappa shape index (κ1) is 15.2. The second-order valence-electron chi connectivity index (χ2n) is 3.02. The SMILES string of the molecule is CCCCCCOC(=O)[C@H](C)N.Cl. The molecule has 0 aliphatic carbocycles. The molecule has 2 N–H and O–H groups in total. The fraction of sp³-hybridized carbons (Fsp3) is 0.889. The van der Waals surface area contributed by atoms with Gasteiger partial charge < -0.3 is 10.5 Å². The van der Waals surface area contributed by atoms with Gasteiger partial charge in [-0.3, -0.25) is 4.79 Å². The first-order valence-electron chi connectivity index (χ1n) is 4.60. The summed E-state index contributed by atoms with van der Waals surface area (Å²) in [5.41, 5.74) is 5.30. The zero-order valence-corrected chi connectivity index (χ0v) is 9.23. The molecule has 0 aromatic carbocycles. The molecule has 0 spiro atoms. The van der Waals surface area contributed by atoms with Crippen LogP contribution in [0.2, 0.25) is 0 Å². The van der Waals surface area contributed by atoms with Gasteiger partial charge >= 0.3 is 5.97 Å². The van der Waals surface area contributed by atoms with Crippen molar-refractivity contribution in [3.05, 3.63) is 0 Å². The molecule has 1 atom stereocenters. The van der Waals surface area contributed by atoms with Crippen LogP contribution in [0.3, 0.4) is 0 Å². The molecular weight excluding hydrogens is 190 g/mol. The van der Waals surface area contributed by atoms with E-state index in [-0.39, 0.29) is 18.4 Å². The van der Waals surface area contributed by atoms with Gasteiger partial charge in [0.15, 0.2) is 0 Å². The first-order chi connectivity index (χ1) is 5.68. The van der Waals surface area contributed by atoms with Crippen molar-refractivity contribution >= 4 is 18.4 Å². The topological polar surface area (TPSA) is 52.3 Å². The van der Waals surface area contributed by atoms with E-state index in [2.05, 4.69) is 6.92 Å². The monoisotopic (exact) mass is 209 g/mol. The molecule has 0 saturated carbocycles. The maximum atomic E-state index is 10.8. The van der Waals surface area contributed by atoms with Crippen LogP contribution in [0.5, 0.6) is 0 Å². The van der Waals surface area contributed by atoms with Crippen LogP contribution in [0.15, 0.2) is 0 Å². The summed E-state index contributed by atoms with van der Waals surface area (Å²) in [6.45, 7) is 4.29. The van der Waals surface area contributed by atoms with Gasteiger partial charge in [0.2, 0.25) is 0 Å². The average Bonchev–Trinajstić information content (AvgIpc) is 2.03. The van der Waals surface area contributed by atoms with Crippen molar-refractivity contribution in [2.75, 3.05) is 6.61 Å². The summed E-state index contributed by atoms with van der Waals surface area (Å²) >= 11 is 0. The lowest BCUT2D eigenvalue weighted by molar-refractivity contribution is -0.144. The van der Waals surface area contributed by atoms with Crippen LogP contribution in [0, 0.1) is 0 Å². The lowest BCUT2D eigenvalue weighted by Crippen LogP contribution is -2.28. The Hall–Kier alpha value is -0.280. The van der Waals surface area contributed by atoms with Crippen molar-refractivity contribution in [3.8, 4) is 0 Å². The lowest BCUT2D eigenvalue weighted by atomic mass is 10.2. The Bertz CT molecular complexity index is 129. The van der Waals surface area contributed by atoms with E-state index in [1.807, 2.05) is 0 Å². The third-order valence-electron chi connectivity index (χ3n) is 1.61. The zero-order chi connectivity index (χ0) is 9.40. The molecule has 0 amide bonds. The molecule has 0 bridgehead atoms. The van der Waals surface area contributed by atoms with E-state index in [1.165, 1.54) is 12.8 Å². The summed E-state index contributed by atoms with van der Waals surface area (Å²) in [4.78, 5) is 10.8. The Morgan fingerprint density at radius 3 is 2.46 bits per heavy atom. The quantitative estimate of drug-likeness (QED) is 0.537. The number of rotatable bonds is 6. The van der Waals surface area contributed by atoms with Crippen molar-refractivity contribution in [2.24, 2.45) is 5.73 Å². The number of halogens is 1. The minimum atomic E-state index is -0.490. The van der Waals surface area contributed by atoms with Gasteiger partial charge in [0.1, 0.15) is 6.04 Å². The highest BCUT2D eigenvalue weighted by atomic mass is 35.5. The molecule has 3 nitrogen and oxygen atoms in total. The Kier molecular flexibility index (Phi) is 11.5. The Balaban J connectivity index is 0. The smallest absolute Gasteiger partial charge is 0.322 e. The van der Waals surface area contributed by atoms with Crippen LogP contribution < -0.4 is 5.73 Å². The zero-order valence-electron chi connectivity index (χ0n) is 8.41. The van der Waals surface area contributed by atoms with Crippen LogP contribution in [-0.4, -0.2) is 18.6 Å². The Labute approximate surface area is 86.4 Å². The number of carbonyl (C=O) groups excluding carboxylic acids is 1. The van der Waals surface area contributed by atoms with Gasteiger partial charge in [-0.05, 0) is 13.3 Å². The normalized spacial score (nSPS) is 11.6. The Morgan fingerprint density at radius 1 is 1.38 bits per heavy atom. The highest BCUT2D eigenvalue weighted by molar-refractivity contribution is 5.85. The number of ether oxygens (including phenoxy) is 1. The number of hydrogen-bond acceptors (Lipinski definition) is 3. The number of esters is 1. The predicted molar refractivity (Wildman–Crippen MR) is 56.0 cm³/mol. The van der Waals surface area contributed by atoms with E-state index in [0.717, 1.165) is 12.8 Å². The second kappa shape index (κ2) is 9.81. The molecule has 0 unspecified atom stereocenters. The molecule has 0 fully saturated rings. The predicted octanol–water partition coefficient (Wildman–Crippen LogP) is 1.88. The van der Waals surface area contributed by atoms with Gasteiger partial charge in [-0.1, -0.05) is 26.2 Å². The molecule has 80 valence electrons. The molecule has 4 heteroatoms. The third-order valence-corrected chi connectivity index (χ3v) is 1.61. The average molecular weight is 210 g/mol. The number of hydrogen-bond donors (Lipinski definition) is 1. The molecule has 13 heavy (non-hydrogen) atoms. The van der Waals surface area contributed by atoms with Gasteiger partial charge in [0, 0.05) is 0 Å². The molecule has 0 aliphatic rings. The minimum absolute atomic E-state index is 0. The first-order valence-corrected chi connectivity index (χ1v) is 4.60. The van der Waals surface area contributed by atoms with Gasteiger partial charge in [0.05, 0.1) is 6.61 Å². The van der Waals surface area contributed by atoms with Crippen LogP contribution in [-0.2, 0) is 9.53 Å². The fourth-order valence-corrected chi connectivity index (χ4v) is 0.833. The molecule has 0 rings (SSSR count). The van der Waals surface area contributed by atoms with E-state index in [0.29, 0.717) is 6.61 Å². The highest BCUT2D eigenvalue weighted by Gasteiger charge is 2.07. The van der Waals surface area contributed by atoms with Crippen molar-refractivity contribution in [1.82, 2.24) is 0 Å². The standard InChI is InChI=1S/C9H19NO2.ClH/c1-3-4-5-6-7-12-9(11)8(2)10;/h8H,3-7,10H2,1-2H3;1H/t8-;/m0./s1. The van der Waals surface area contributed by atoms with Crippen LogP contribution in [0.1, 0.15) is 39.5 Å². The fourth-order valence-electron chi connectivity index (χ4n) is 0.833. The summed E-state index contributed by atoms with van der Waals surface area (Å²) in [5, 5.41) is 0. The second-order valence-corrected chi connectivity index (χ2v) is 3.02. The summed E-state index contributed by atoms with van der Waals surface area (Å²) in [6, 6.07) is -0.490. The van der Waals surface area contributed by atoms with Crippen molar-refractivity contribution in [1.29, 1.82) is 0 Å². The summed E-state index contributed by atoms with van der Waals surface area (Å²) in [5.74, 6) is -0.300. The summed E-state index contributed by atoms with van der Waals surface area (Å²) < 4.78 is 4.89. The van der Waals surface area contributed by atoms with Crippen LogP contribution in [0.4, 0.5) is 0 Å². The van der Waals surface area contributed by atoms with E-state index in [4.69, 9.17) is 10.5 Å². The van der Waals surface area contributed by atoms with Crippen LogP contribution >= 0.6 is 12.4 Å². The van der Waals surface area contributed by atoms with Crippen LogP contribution in [0.25, 0.3) is 0 Å². The molecule has 0 aromatic heterocycles. The number of carbonyl (C=O) groups is 1. The van der Waals surface area contributed by atoms with E-state index in [1.54, 1.807) is 6.92 Å². The number of nitrogens with two attached hydrogens (primary N) is 1. The van der Waals surface area contributed by atoms with Crippen molar-refractivity contribution < 1.29 is 9.53 Å². The Morgan fingerprint density at radius 2 is 2.00 bits per heavy atom.